The van der Waals surface area contributed by atoms with E-state index in [-0.39, 0.29) is 5.41 Å². The molecule has 0 atom stereocenters. The van der Waals surface area contributed by atoms with Gasteiger partial charge in [0.1, 0.15) is 5.82 Å². The zero-order valence-electron chi connectivity index (χ0n) is 12.8. The largest absolute Gasteiger partial charge is 0.311 e. The van der Waals surface area contributed by atoms with E-state index in [1.54, 1.807) is 0 Å². The normalized spacial score (nSPS) is 11.6. The van der Waals surface area contributed by atoms with Gasteiger partial charge in [0.2, 0.25) is 0 Å². The number of aromatic nitrogens is 2. The zero-order valence-corrected chi connectivity index (χ0v) is 12.8. The molecule has 0 bridgehead atoms. The quantitative estimate of drug-likeness (QED) is 0.905. The summed E-state index contributed by atoms with van der Waals surface area (Å²) >= 11 is 0. The highest BCUT2D eigenvalue weighted by molar-refractivity contribution is 5.31. The molecular weight excluding hydrogens is 246 g/mol. The highest BCUT2D eigenvalue weighted by atomic mass is 14.9. The van der Waals surface area contributed by atoms with E-state index in [0.29, 0.717) is 0 Å². The molecule has 20 heavy (non-hydrogen) atoms. The first-order chi connectivity index (χ1) is 9.54. The Morgan fingerprint density at radius 1 is 1.10 bits per heavy atom. The first-order valence-electron chi connectivity index (χ1n) is 7.15. The standard InChI is InChI=1S/C17H23N3/c1-5-18-12-15-11-13(2)19-16(20-15)17(3,4)14-9-7-6-8-10-14/h6-11,18H,5,12H2,1-4H3. The average Bonchev–Trinajstić information content (AvgIpc) is 2.45. The second-order valence-electron chi connectivity index (χ2n) is 5.60. The van der Waals surface area contributed by atoms with Gasteiger partial charge in [-0.3, -0.25) is 0 Å². The van der Waals surface area contributed by atoms with Crippen LogP contribution in [-0.4, -0.2) is 16.5 Å². The van der Waals surface area contributed by atoms with Gasteiger partial charge in [-0.25, -0.2) is 9.97 Å². The fraction of sp³-hybridized carbons (Fsp3) is 0.412. The van der Waals surface area contributed by atoms with Crippen LogP contribution in [-0.2, 0) is 12.0 Å². The summed E-state index contributed by atoms with van der Waals surface area (Å²) in [5, 5.41) is 3.32. The van der Waals surface area contributed by atoms with Crippen molar-refractivity contribution in [2.75, 3.05) is 6.54 Å². The third-order valence-electron chi connectivity index (χ3n) is 3.52. The van der Waals surface area contributed by atoms with E-state index < -0.39 is 0 Å². The van der Waals surface area contributed by atoms with Crippen molar-refractivity contribution < 1.29 is 0 Å². The Kier molecular flexibility index (Phi) is 4.50. The number of aryl methyl sites for hydroxylation is 1. The van der Waals surface area contributed by atoms with Crippen molar-refractivity contribution in [1.29, 1.82) is 0 Å². The Bertz CT molecular complexity index is 562. The maximum atomic E-state index is 4.75. The van der Waals surface area contributed by atoms with Gasteiger partial charge in [-0.1, -0.05) is 37.3 Å². The zero-order chi connectivity index (χ0) is 14.6. The Morgan fingerprint density at radius 2 is 1.80 bits per heavy atom. The highest BCUT2D eigenvalue weighted by Gasteiger charge is 2.26. The van der Waals surface area contributed by atoms with Gasteiger partial charge >= 0.3 is 0 Å². The molecule has 0 spiro atoms. The smallest absolute Gasteiger partial charge is 0.138 e. The lowest BCUT2D eigenvalue weighted by molar-refractivity contribution is 0.576. The Morgan fingerprint density at radius 3 is 2.45 bits per heavy atom. The third-order valence-corrected chi connectivity index (χ3v) is 3.52. The van der Waals surface area contributed by atoms with Crippen molar-refractivity contribution in [3.05, 3.63) is 59.2 Å². The van der Waals surface area contributed by atoms with Gasteiger partial charge in [0.05, 0.1) is 5.69 Å². The van der Waals surface area contributed by atoms with E-state index in [1.807, 2.05) is 19.1 Å². The number of benzene rings is 1. The molecule has 1 N–H and O–H groups in total. The van der Waals surface area contributed by atoms with Crippen LogP contribution in [0.3, 0.4) is 0 Å². The minimum atomic E-state index is -0.186. The SMILES string of the molecule is CCNCc1cc(C)nc(C(C)(C)c2ccccc2)n1. The average molecular weight is 269 g/mol. The molecule has 3 nitrogen and oxygen atoms in total. The topological polar surface area (TPSA) is 37.8 Å². The van der Waals surface area contributed by atoms with Crippen LogP contribution in [0.15, 0.2) is 36.4 Å². The summed E-state index contributed by atoms with van der Waals surface area (Å²) in [7, 11) is 0. The van der Waals surface area contributed by atoms with Crippen LogP contribution < -0.4 is 5.32 Å². The monoisotopic (exact) mass is 269 g/mol. The number of rotatable bonds is 5. The van der Waals surface area contributed by atoms with Crippen LogP contribution in [0.25, 0.3) is 0 Å². The molecule has 2 aromatic rings. The van der Waals surface area contributed by atoms with Crippen molar-refractivity contribution >= 4 is 0 Å². The van der Waals surface area contributed by atoms with Gasteiger partial charge in [-0.2, -0.15) is 0 Å². The van der Waals surface area contributed by atoms with Crippen LogP contribution in [0, 0.1) is 6.92 Å². The Hall–Kier alpha value is -1.74. The van der Waals surface area contributed by atoms with Gasteiger partial charge < -0.3 is 5.32 Å². The van der Waals surface area contributed by atoms with Crippen LogP contribution in [0.4, 0.5) is 0 Å². The molecule has 2 rings (SSSR count). The molecule has 1 aromatic heterocycles. The van der Waals surface area contributed by atoms with Gasteiger partial charge in [0, 0.05) is 17.7 Å². The summed E-state index contributed by atoms with van der Waals surface area (Å²) in [5.74, 6) is 0.886. The fourth-order valence-electron chi connectivity index (χ4n) is 2.24. The van der Waals surface area contributed by atoms with Gasteiger partial charge in [-0.15, -0.1) is 0 Å². The van der Waals surface area contributed by atoms with E-state index in [4.69, 9.17) is 4.98 Å². The molecule has 0 amide bonds. The van der Waals surface area contributed by atoms with Gasteiger partial charge in [0.25, 0.3) is 0 Å². The van der Waals surface area contributed by atoms with E-state index in [2.05, 4.69) is 55.3 Å². The molecular formula is C17H23N3. The molecule has 0 aliphatic carbocycles. The molecule has 0 radical (unpaired) electrons. The van der Waals surface area contributed by atoms with Crippen molar-refractivity contribution in [2.24, 2.45) is 0 Å². The van der Waals surface area contributed by atoms with Crippen LogP contribution in [0.5, 0.6) is 0 Å². The summed E-state index contributed by atoms with van der Waals surface area (Å²) in [6, 6.07) is 12.5. The van der Waals surface area contributed by atoms with Gasteiger partial charge in [-0.05, 0) is 38.9 Å². The van der Waals surface area contributed by atoms with Crippen LogP contribution in [0.2, 0.25) is 0 Å². The predicted octanol–water partition coefficient (Wildman–Crippen LogP) is 3.22. The van der Waals surface area contributed by atoms with Crippen molar-refractivity contribution in [3.63, 3.8) is 0 Å². The number of nitrogens with zero attached hydrogens (tertiary/aromatic N) is 2. The fourth-order valence-corrected chi connectivity index (χ4v) is 2.24. The number of hydrogen-bond donors (Lipinski definition) is 1. The lowest BCUT2D eigenvalue weighted by Gasteiger charge is -2.24. The second-order valence-corrected chi connectivity index (χ2v) is 5.60. The molecule has 0 saturated carbocycles. The molecule has 0 fully saturated rings. The maximum Gasteiger partial charge on any atom is 0.138 e. The summed E-state index contributed by atoms with van der Waals surface area (Å²) in [6.07, 6.45) is 0. The summed E-state index contributed by atoms with van der Waals surface area (Å²) < 4.78 is 0. The van der Waals surface area contributed by atoms with Crippen molar-refractivity contribution in [3.8, 4) is 0 Å². The third kappa shape index (κ3) is 3.23. The lowest BCUT2D eigenvalue weighted by atomic mass is 9.83. The Balaban J connectivity index is 2.38. The molecule has 0 unspecified atom stereocenters. The second kappa shape index (κ2) is 6.14. The van der Waals surface area contributed by atoms with Crippen LogP contribution >= 0.6 is 0 Å². The molecule has 0 aliphatic heterocycles. The minimum Gasteiger partial charge on any atom is -0.311 e. The number of hydrogen-bond acceptors (Lipinski definition) is 3. The van der Waals surface area contributed by atoms with Crippen molar-refractivity contribution in [2.45, 2.75) is 39.7 Å². The molecule has 106 valence electrons. The summed E-state index contributed by atoms with van der Waals surface area (Å²) in [6.45, 7) is 10.2. The van der Waals surface area contributed by atoms with E-state index in [0.717, 1.165) is 30.3 Å². The van der Waals surface area contributed by atoms with Crippen molar-refractivity contribution in [1.82, 2.24) is 15.3 Å². The first kappa shape index (κ1) is 14.7. The van der Waals surface area contributed by atoms with E-state index in [1.165, 1.54) is 5.56 Å². The first-order valence-corrected chi connectivity index (χ1v) is 7.15. The lowest BCUT2D eigenvalue weighted by Crippen LogP contribution is -2.24. The van der Waals surface area contributed by atoms with E-state index >= 15 is 0 Å². The molecule has 3 heteroatoms. The molecule has 0 aliphatic rings. The minimum absolute atomic E-state index is 0.186. The summed E-state index contributed by atoms with van der Waals surface area (Å²) in [5.41, 5.74) is 3.12. The van der Waals surface area contributed by atoms with Crippen LogP contribution in [0.1, 0.15) is 43.5 Å². The summed E-state index contributed by atoms with van der Waals surface area (Å²) in [4.78, 5) is 9.40. The number of nitrogens with one attached hydrogen (secondary N) is 1. The molecule has 1 aromatic carbocycles. The maximum absolute atomic E-state index is 4.75. The molecule has 1 heterocycles. The van der Waals surface area contributed by atoms with E-state index in [9.17, 15) is 0 Å². The Labute approximate surface area is 121 Å². The molecule has 0 saturated heterocycles. The van der Waals surface area contributed by atoms with Gasteiger partial charge in [0.15, 0.2) is 0 Å². The predicted molar refractivity (Wildman–Crippen MR) is 82.7 cm³/mol. The highest BCUT2D eigenvalue weighted by Crippen LogP contribution is 2.28.